The summed E-state index contributed by atoms with van der Waals surface area (Å²) in [6.45, 7) is 3.21. The van der Waals surface area contributed by atoms with Crippen LogP contribution in [-0.4, -0.2) is 63.8 Å². The van der Waals surface area contributed by atoms with Gasteiger partial charge in [-0.1, -0.05) is 12.1 Å². The van der Waals surface area contributed by atoms with Gasteiger partial charge in [-0.15, -0.1) is 10.2 Å². The number of halogens is 1. The predicted octanol–water partition coefficient (Wildman–Crippen LogP) is 1.65. The fraction of sp³-hybridized carbons (Fsp3) is 0.526. The zero-order valence-electron chi connectivity index (χ0n) is 15.5. The maximum Gasteiger partial charge on any atom is 0.261 e. The predicted molar refractivity (Wildman–Crippen MR) is 96.8 cm³/mol. The first-order valence-electron chi connectivity index (χ1n) is 9.41. The minimum atomic E-state index is -0.463. The maximum atomic E-state index is 13.7. The van der Waals surface area contributed by atoms with Crippen LogP contribution in [-0.2, 0) is 17.8 Å². The van der Waals surface area contributed by atoms with Gasteiger partial charge in [0.25, 0.3) is 5.91 Å². The Labute approximate surface area is 157 Å². The van der Waals surface area contributed by atoms with Gasteiger partial charge in [-0.3, -0.25) is 4.79 Å². The average Bonchev–Trinajstić information content (AvgIpc) is 3.26. The minimum absolute atomic E-state index is 0.0913. The van der Waals surface area contributed by atoms with Crippen molar-refractivity contribution in [3.8, 4) is 5.75 Å². The number of hydrogen-bond donors (Lipinski definition) is 0. The minimum Gasteiger partial charge on any atom is -0.481 e. The summed E-state index contributed by atoms with van der Waals surface area (Å²) >= 11 is 0. The maximum absolute atomic E-state index is 13.7. The van der Waals surface area contributed by atoms with E-state index in [0.717, 1.165) is 50.5 Å². The molecule has 3 heterocycles. The van der Waals surface area contributed by atoms with Crippen molar-refractivity contribution in [2.75, 3.05) is 33.3 Å². The van der Waals surface area contributed by atoms with Crippen molar-refractivity contribution in [3.63, 3.8) is 0 Å². The fourth-order valence-corrected chi connectivity index (χ4v) is 3.82. The largest absolute Gasteiger partial charge is 0.481 e. The Bertz CT molecular complexity index is 824. The number of nitrogens with zero attached hydrogens (tertiary/aromatic N) is 5. The molecule has 0 saturated carbocycles. The molecule has 0 radical (unpaired) electrons. The SMILES string of the molecule is CN1CCc2nnc(C3CCCN3C(=O)COc3ccccc3F)n2CC1. The highest BCUT2D eigenvalue weighted by atomic mass is 19.1. The lowest BCUT2D eigenvalue weighted by atomic mass is 10.2. The van der Waals surface area contributed by atoms with E-state index in [1.165, 1.54) is 12.1 Å². The van der Waals surface area contributed by atoms with Crippen LogP contribution in [0, 0.1) is 5.82 Å². The van der Waals surface area contributed by atoms with Crippen LogP contribution in [0.1, 0.15) is 30.5 Å². The molecule has 144 valence electrons. The Morgan fingerprint density at radius 3 is 2.93 bits per heavy atom. The molecule has 1 atom stereocenters. The van der Waals surface area contributed by atoms with Crippen LogP contribution < -0.4 is 4.74 Å². The van der Waals surface area contributed by atoms with E-state index < -0.39 is 5.82 Å². The van der Waals surface area contributed by atoms with Gasteiger partial charge in [-0.2, -0.15) is 0 Å². The van der Waals surface area contributed by atoms with Gasteiger partial charge >= 0.3 is 0 Å². The summed E-state index contributed by atoms with van der Waals surface area (Å²) in [6, 6.07) is 6.03. The summed E-state index contributed by atoms with van der Waals surface area (Å²) in [5.41, 5.74) is 0. The Kier molecular flexibility index (Phi) is 5.07. The van der Waals surface area contributed by atoms with E-state index in [4.69, 9.17) is 4.74 Å². The zero-order valence-corrected chi connectivity index (χ0v) is 15.5. The summed E-state index contributed by atoms with van der Waals surface area (Å²) in [6.07, 6.45) is 2.64. The summed E-state index contributed by atoms with van der Waals surface area (Å²) in [5, 5.41) is 8.77. The molecule has 1 amide bonds. The molecule has 8 heteroatoms. The Hall–Kier alpha value is -2.48. The van der Waals surface area contributed by atoms with Gasteiger partial charge in [0.05, 0.1) is 6.04 Å². The van der Waals surface area contributed by atoms with E-state index in [2.05, 4.69) is 26.7 Å². The van der Waals surface area contributed by atoms with E-state index in [9.17, 15) is 9.18 Å². The number of likely N-dealkylation sites (tertiary alicyclic amines) is 1. The molecule has 2 aliphatic heterocycles. The summed E-state index contributed by atoms with van der Waals surface area (Å²) in [5.74, 6) is 1.33. The second-order valence-electron chi connectivity index (χ2n) is 7.14. The molecule has 27 heavy (non-hydrogen) atoms. The highest BCUT2D eigenvalue weighted by Gasteiger charge is 2.34. The first kappa shape index (κ1) is 17.9. The van der Waals surface area contributed by atoms with Crippen molar-refractivity contribution in [2.24, 2.45) is 0 Å². The zero-order chi connectivity index (χ0) is 18.8. The summed E-state index contributed by atoms with van der Waals surface area (Å²) < 4.78 is 21.3. The van der Waals surface area contributed by atoms with Crippen LogP contribution in [0.2, 0.25) is 0 Å². The first-order valence-corrected chi connectivity index (χ1v) is 9.41. The number of amides is 1. The van der Waals surface area contributed by atoms with Crippen molar-refractivity contribution < 1.29 is 13.9 Å². The monoisotopic (exact) mass is 373 g/mol. The third-order valence-corrected chi connectivity index (χ3v) is 5.34. The Morgan fingerprint density at radius 1 is 1.22 bits per heavy atom. The van der Waals surface area contributed by atoms with Gasteiger partial charge in [-0.25, -0.2) is 4.39 Å². The highest BCUT2D eigenvalue weighted by molar-refractivity contribution is 5.78. The van der Waals surface area contributed by atoms with Crippen LogP contribution in [0.15, 0.2) is 24.3 Å². The van der Waals surface area contributed by atoms with E-state index in [1.807, 2.05) is 0 Å². The molecule has 2 aliphatic rings. The lowest BCUT2D eigenvalue weighted by Gasteiger charge is -2.25. The van der Waals surface area contributed by atoms with Crippen molar-refractivity contribution in [3.05, 3.63) is 41.7 Å². The van der Waals surface area contributed by atoms with Crippen molar-refractivity contribution in [1.29, 1.82) is 0 Å². The number of benzene rings is 1. The van der Waals surface area contributed by atoms with Gasteiger partial charge in [0.15, 0.2) is 24.0 Å². The molecule has 7 nitrogen and oxygen atoms in total. The number of aromatic nitrogens is 3. The molecule has 0 aliphatic carbocycles. The number of ether oxygens (including phenoxy) is 1. The summed E-state index contributed by atoms with van der Waals surface area (Å²) in [7, 11) is 2.10. The van der Waals surface area contributed by atoms with Gasteiger partial charge in [0.1, 0.15) is 5.82 Å². The molecule has 0 bridgehead atoms. The van der Waals surface area contributed by atoms with Gasteiger partial charge in [0, 0.05) is 32.6 Å². The van der Waals surface area contributed by atoms with E-state index in [0.29, 0.717) is 6.54 Å². The molecule has 0 N–H and O–H groups in total. The molecule has 1 aromatic heterocycles. The van der Waals surface area contributed by atoms with Crippen molar-refractivity contribution in [2.45, 2.75) is 31.8 Å². The molecule has 1 aromatic carbocycles. The smallest absolute Gasteiger partial charge is 0.261 e. The van der Waals surface area contributed by atoms with Gasteiger partial charge in [-0.05, 0) is 32.0 Å². The van der Waals surface area contributed by atoms with Crippen molar-refractivity contribution >= 4 is 5.91 Å². The lowest BCUT2D eigenvalue weighted by molar-refractivity contribution is -0.134. The number of para-hydroxylation sites is 1. The summed E-state index contributed by atoms with van der Waals surface area (Å²) in [4.78, 5) is 16.8. The molecular formula is C19H24FN5O2. The second-order valence-corrected chi connectivity index (χ2v) is 7.14. The third kappa shape index (κ3) is 3.66. The first-order chi connectivity index (χ1) is 13.1. The van der Waals surface area contributed by atoms with Crippen LogP contribution in [0.25, 0.3) is 0 Å². The topological polar surface area (TPSA) is 63.5 Å². The fourth-order valence-electron chi connectivity index (χ4n) is 3.82. The van der Waals surface area contributed by atoms with Crippen LogP contribution in [0.4, 0.5) is 4.39 Å². The standard InChI is InChI=1S/C19H24FN5O2/c1-23-10-8-17-21-22-19(25(17)12-11-23)15-6-4-9-24(15)18(26)13-27-16-7-3-2-5-14(16)20/h2-3,5,7,15H,4,6,8-13H2,1H3. The normalized spacial score (nSPS) is 20.4. The second kappa shape index (κ2) is 7.64. The quantitative estimate of drug-likeness (QED) is 0.815. The van der Waals surface area contributed by atoms with Crippen LogP contribution in [0.5, 0.6) is 5.75 Å². The number of likely N-dealkylation sites (N-methyl/N-ethyl adjacent to an activating group) is 1. The highest BCUT2D eigenvalue weighted by Crippen LogP contribution is 2.32. The van der Waals surface area contributed by atoms with Gasteiger partial charge < -0.3 is 19.1 Å². The Morgan fingerprint density at radius 2 is 2.07 bits per heavy atom. The molecule has 0 spiro atoms. The number of hydrogen-bond acceptors (Lipinski definition) is 5. The van der Waals surface area contributed by atoms with E-state index in [1.54, 1.807) is 17.0 Å². The molecule has 4 rings (SSSR count). The molecule has 2 aromatic rings. The Balaban J connectivity index is 1.47. The number of rotatable bonds is 4. The third-order valence-electron chi connectivity index (χ3n) is 5.34. The average molecular weight is 373 g/mol. The number of fused-ring (bicyclic) bond motifs is 1. The number of carbonyl (C=O) groups is 1. The van der Waals surface area contributed by atoms with Crippen LogP contribution in [0.3, 0.4) is 0 Å². The van der Waals surface area contributed by atoms with Crippen LogP contribution >= 0.6 is 0 Å². The number of carbonyl (C=O) groups excluding carboxylic acids is 1. The van der Waals surface area contributed by atoms with E-state index in [-0.39, 0.29) is 24.3 Å². The molecule has 1 saturated heterocycles. The molecule has 1 unspecified atom stereocenters. The van der Waals surface area contributed by atoms with Crippen molar-refractivity contribution in [1.82, 2.24) is 24.6 Å². The van der Waals surface area contributed by atoms with Gasteiger partial charge in [0.2, 0.25) is 0 Å². The molecular weight excluding hydrogens is 349 g/mol. The molecule has 1 fully saturated rings. The van der Waals surface area contributed by atoms with E-state index >= 15 is 0 Å². The lowest BCUT2D eigenvalue weighted by Crippen LogP contribution is -2.36.